The van der Waals surface area contributed by atoms with Gasteiger partial charge in [0.15, 0.2) is 11.5 Å². The molecule has 10 heteroatoms. The van der Waals surface area contributed by atoms with Gasteiger partial charge in [-0.1, -0.05) is 12.1 Å². The molecule has 0 saturated carbocycles. The number of rotatable bonds is 9. The Labute approximate surface area is 196 Å². The molecule has 0 unspecified atom stereocenters. The fourth-order valence-corrected chi connectivity index (χ4v) is 4.21. The second-order valence-corrected chi connectivity index (χ2v) is 9.47. The number of amides is 1. The predicted octanol–water partition coefficient (Wildman–Crippen LogP) is 3.33. The van der Waals surface area contributed by atoms with Crippen LogP contribution >= 0.6 is 0 Å². The number of hydrogen-bond acceptors (Lipinski definition) is 6. The molecule has 0 fully saturated rings. The van der Waals surface area contributed by atoms with E-state index < -0.39 is 10.0 Å². The van der Waals surface area contributed by atoms with Crippen molar-refractivity contribution in [3.8, 4) is 17.2 Å². The number of carbonyl (C=O) groups is 1. The van der Waals surface area contributed by atoms with Crippen molar-refractivity contribution in [2.75, 3.05) is 30.5 Å². The number of sulfonamides is 1. The molecule has 3 aromatic carbocycles. The van der Waals surface area contributed by atoms with Gasteiger partial charge in [-0.3, -0.25) is 9.10 Å². The Morgan fingerprint density at radius 3 is 2.44 bits per heavy atom. The lowest BCUT2D eigenvalue weighted by atomic mass is 10.1. The second kappa shape index (κ2) is 10.0. The Bertz CT molecular complexity index is 1260. The lowest BCUT2D eigenvalue weighted by Crippen LogP contribution is -2.29. The first-order valence-electron chi connectivity index (χ1n) is 10.4. The van der Waals surface area contributed by atoms with E-state index in [1.807, 2.05) is 0 Å². The molecule has 1 amide bonds. The van der Waals surface area contributed by atoms with Gasteiger partial charge in [0.2, 0.25) is 16.8 Å². The van der Waals surface area contributed by atoms with Gasteiger partial charge in [-0.2, -0.15) is 0 Å². The molecule has 34 heavy (non-hydrogen) atoms. The highest BCUT2D eigenvalue weighted by atomic mass is 32.2. The van der Waals surface area contributed by atoms with Crippen molar-refractivity contribution in [2.24, 2.45) is 0 Å². The first kappa shape index (κ1) is 23.4. The summed E-state index contributed by atoms with van der Waals surface area (Å²) in [5, 5.41) is 2.74. The summed E-state index contributed by atoms with van der Waals surface area (Å²) in [5.74, 6) is 0.930. The lowest BCUT2D eigenvalue weighted by molar-refractivity contribution is 0.0947. The zero-order valence-corrected chi connectivity index (χ0v) is 19.2. The normalized spacial score (nSPS) is 12.3. The molecule has 0 aliphatic carbocycles. The highest BCUT2D eigenvalue weighted by molar-refractivity contribution is 7.92. The van der Waals surface area contributed by atoms with Gasteiger partial charge < -0.3 is 19.5 Å². The first-order chi connectivity index (χ1) is 16.3. The van der Waals surface area contributed by atoms with E-state index in [0.29, 0.717) is 34.1 Å². The molecule has 1 N–H and O–H groups in total. The Morgan fingerprint density at radius 2 is 1.74 bits per heavy atom. The minimum absolute atomic E-state index is 0.0892. The van der Waals surface area contributed by atoms with Crippen LogP contribution in [0.5, 0.6) is 17.2 Å². The summed E-state index contributed by atoms with van der Waals surface area (Å²) in [6.45, 7) is 0.684. The number of nitrogens with zero attached hydrogens (tertiary/aromatic N) is 1. The molecule has 178 valence electrons. The van der Waals surface area contributed by atoms with E-state index in [9.17, 15) is 17.6 Å². The van der Waals surface area contributed by atoms with Crippen molar-refractivity contribution in [2.45, 2.75) is 6.54 Å². The highest BCUT2D eigenvalue weighted by Crippen LogP contribution is 2.36. The van der Waals surface area contributed by atoms with E-state index in [2.05, 4.69) is 5.32 Å². The average Bonchev–Trinajstić information content (AvgIpc) is 3.29. The molecule has 0 bridgehead atoms. The number of halogens is 1. The van der Waals surface area contributed by atoms with Gasteiger partial charge in [0.1, 0.15) is 18.2 Å². The van der Waals surface area contributed by atoms with Gasteiger partial charge in [-0.15, -0.1) is 0 Å². The van der Waals surface area contributed by atoms with E-state index in [1.54, 1.807) is 42.5 Å². The standard InChI is InChI=1S/C24H23FN2O6S/c1-34(29,30)27(20-8-11-22-23(14-20)33-16-32-22)15-17-2-4-18(5-3-17)24(28)26-12-13-31-21-9-6-19(25)7-10-21/h2-11,14H,12-13,15-16H2,1H3,(H,26,28). The Morgan fingerprint density at radius 1 is 1.03 bits per heavy atom. The quantitative estimate of drug-likeness (QED) is 0.467. The third-order valence-corrected chi connectivity index (χ3v) is 6.20. The second-order valence-electron chi connectivity index (χ2n) is 7.56. The zero-order valence-electron chi connectivity index (χ0n) is 18.4. The maximum absolute atomic E-state index is 12.9. The molecule has 0 saturated heterocycles. The van der Waals surface area contributed by atoms with E-state index >= 15 is 0 Å². The van der Waals surface area contributed by atoms with E-state index in [0.717, 1.165) is 6.26 Å². The monoisotopic (exact) mass is 486 g/mol. The van der Waals surface area contributed by atoms with Crippen molar-refractivity contribution >= 4 is 21.6 Å². The number of benzene rings is 3. The van der Waals surface area contributed by atoms with Crippen LogP contribution in [-0.2, 0) is 16.6 Å². The average molecular weight is 487 g/mol. The van der Waals surface area contributed by atoms with Crippen LogP contribution in [0, 0.1) is 5.82 Å². The van der Waals surface area contributed by atoms with Crippen LogP contribution < -0.4 is 23.8 Å². The molecule has 3 aromatic rings. The van der Waals surface area contributed by atoms with E-state index in [4.69, 9.17) is 14.2 Å². The molecular weight excluding hydrogens is 463 g/mol. The van der Waals surface area contributed by atoms with Crippen LogP contribution in [0.3, 0.4) is 0 Å². The van der Waals surface area contributed by atoms with Gasteiger partial charge in [-0.05, 0) is 54.1 Å². The summed E-state index contributed by atoms with van der Waals surface area (Å²) >= 11 is 0. The number of hydrogen-bond donors (Lipinski definition) is 1. The number of nitrogens with one attached hydrogen (secondary N) is 1. The number of carbonyl (C=O) groups excluding carboxylic acids is 1. The van der Waals surface area contributed by atoms with Crippen molar-refractivity contribution < 1.29 is 31.8 Å². The maximum Gasteiger partial charge on any atom is 0.251 e. The van der Waals surface area contributed by atoms with Crippen LogP contribution in [0.4, 0.5) is 10.1 Å². The summed E-state index contributed by atoms with van der Waals surface area (Å²) in [7, 11) is -3.58. The smallest absolute Gasteiger partial charge is 0.251 e. The van der Waals surface area contributed by atoms with Crippen LogP contribution in [0.15, 0.2) is 66.7 Å². The minimum Gasteiger partial charge on any atom is -0.492 e. The van der Waals surface area contributed by atoms with Gasteiger partial charge in [0.05, 0.1) is 25.0 Å². The summed E-state index contributed by atoms with van der Waals surface area (Å²) in [4.78, 5) is 12.4. The van der Waals surface area contributed by atoms with Gasteiger partial charge >= 0.3 is 0 Å². The molecule has 1 aliphatic rings. The first-order valence-corrected chi connectivity index (χ1v) is 12.3. The molecule has 1 aliphatic heterocycles. The summed E-state index contributed by atoms with van der Waals surface area (Å²) < 4.78 is 55.1. The highest BCUT2D eigenvalue weighted by Gasteiger charge is 2.22. The number of fused-ring (bicyclic) bond motifs is 1. The Kier molecular flexibility index (Phi) is 6.87. The van der Waals surface area contributed by atoms with E-state index in [1.165, 1.54) is 28.6 Å². The molecule has 0 radical (unpaired) electrons. The fraction of sp³-hybridized carbons (Fsp3) is 0.208. The molecule has 1 heterocycles. The molecule has 0 aromatic heterocycles. The van der Waals surface area contributed by atoms with Crippen molar-refractivity contribution in [1.29, 1.82) is 0 Å². The van der Waals surface area contributed by atoms with Crippen LogP contribution in [0.2, 0.25) is 0 Å². The van der Waals surface area contributed by atoms with Gasteiger partial charge in [0, 0.05) is 11.6 Å². The molecule has 0 atom stereocenters. The molecule has 8 nitrogen and oxygen atoms in total. The Hall–Kier alpha value is -3.79. The topological polar surface area (TPSA) is 94.2 Å². The van der Waals surface area contributed by atoms with Crippen molar-refractivity contribution in [3.63, 3.8) is 0 Å². The summed E-state index contributed by atoms with van der Waals surface area (Å²) in [6, 6.07) is 17.2. The number of anilines is 1. The van der Waals surface area contributed by atoms with Crippen molar-refractivity contribution in [1.82, 2.24) is 5.32 Å². The van der Waals surface area contributed by atoms with Gasteiger partial charge in [-0.25, -0.2) is 12.8 Å². The molecule has 0 spiro atoms. The summed E-state index contributed by atoms with van der Waals surface area (Å²) in [5.41, 5.74) is 1.59. The third-order valence-electron chi connectivity index (χ3n) is 5.06. The van der Waals surface area contributed by atoms with Crippen LogP contribution in [0.1, 0.15) is 15.9 Å². The molecular formula is C24H23FN2O6S. The Balaban J connectivity index is 1.35. The fourth-order valence-electron chi connectivity index (χ4n) is 3.33. The maximum atomic E-state index is 12.9. The van der Waals surface area contributed by atoms with Crippen LogP contribution in [0.25, 0.3) is 0 Å². The lowest BCUT2D eigenvalue weighted by Gasteiger charge is -2.23. The third kappa shape index (κ3) is 5.76. The van der Waals surface area contributed by atoms with Crippen LogP contribution in [-0.4, -0.2) is 40.5 Å². The largest absolute Gasteiger partial charge is 0.492 e. The van der Waals surface area contributed by atoms with Gasteiger partial charge in [0.25, 0.3) is 5.91 Å². The zero-order chi connectivity index (χ0) is 24.1. The predicted molar refractivity (Wildman–Crippen MR) is 124 cm³/mol. The minimum atomic E-state index is -3.58. The molecule has 4 rings (SSSR count). The van der Waals surface area contributed by atoms with Crippen molar-refractivity contribution in [3.05, 3.63) is 83.7 Å². The summed E-state index contributed by atoms with van der Waals surface area (Å²) in [6.07, 6.45) is 1.13. The SMILES string of the molecule is CS(=O)(=O)N(Cc1ccc(C(=O)NCCOc2ccc(F)cc2)cc1)c1ccc2c(c1)OCO2. The number of ether oxygens (including phenoxy) is 3. The van der Waals surface area contributed by atoms with E-state index in [-0.39, 0.29) is 38.2 Å².